The summed E-state index contributed by atoms with van der Waals surface area (Å²) < 4.78 is 0. The summed E-state index contributed by atoms with van der Waals surface area (Å²) in [6.07, 6.45) is 0.455. The van der Waals surface area contributed by atoms with Crippen LogP contribution in [0.25, 0.3) is 10.8 Å². The highest BCUT2D eigenvalue weighted by atomic mass is 16.1. The first-order valence-corrected chi connectivity index (χ1v) is 7.22. The molecule has 0 atom stereocenters. The van der Waals surface area contributed by atoms with Crippen LogP contribution in [0.2, 0.25) is 0 Å². The third-order valence-corrected chi connectivity index (χ3v) is 3.94. The number of ketones is 1. The molecule has 3 aromatic carbocycles. The van der Waals surface area contributed by atoms with E-state index in [2.05, 4.69) is 24.3 Å². The molecule has 104 valence electrons. The van der Waals surface area contributed by atoms with Gasteiger partial charge in [0.1, 0.15) is 0 Å². The van der Waals surface area contributed by atoms with Crippen LogP contribution in [0.3, 0.4) is 0 Å². The standard InChI is InChI=1S/C20H18O/c1-14-6-5-7-15(2)20(14)19(21)13-16-10-11-17-8-3-4-9-18(17)12-16/h3-12H,13H2,1-2H3. The van der Waals surface area contributed by atoms with E-state index in [1.54, 1.807) is 0 Å². The molecule has 3 rings (SSSR count). The summed E-state index contributed by atoms with van der Waals surface area (Å²) in [6, 6.07) is 20.5. The molecule has 0 aliphatic carbocycles. The lowest BCUT2D eigenvalue weighted by Crippen LogP contribution is -2.07. The maximum absolute atomic E-state index is 12.6. The molecule has 3 aromatic rings. The van der Waals surface area contributed by atoms with Crippen LogP contribution in [-0.2, 0) is 6.42 Å². The van der Waals surface area contributed by atoms with Gasteiger partial charge in [-0.05, 0) is 41.3 Å². The number of carbonyl (C=O) groups excluding carboxylic acids is 1. The van der Waals surface area contributed by atoms with E-state index >= 15 is 0 Å². The van der Waals surface area contributed by atoms with Crippen molar-refractivity contribution in [1.29, 1.82) is 0 Å². The SMILES string of the molecule is Cc1cccc(C)c1C(=O)Cc1ccc2ccccc2c1. The fourth-order valence-electron chi connectivity index (χ4n) is 2.88. The molecule has 0 heterocycles. The van der Waals surface area contributed by atoms with Crippen LogP contribution in [0.1, 0.15) is 27.0 Å². The van der Waals surface area contributed by atoms with Crippen LogP contribution in [0.4, 0.5) is 0 Å². The Kier molecular flexibility index (Phi) is 3.57. The molecule has 1 heteroatoms. The molecule has 0 aromatic heterocycles. The van der Waals surface area contributed by atoms with E-state index < -0.39 is 0 Å². The van der Waals surface area contributed by atoms with Gasteiger partial charge >= 0.3 is 0 Å². The Labute approximate surface area is 125 Å². The smallest absolute Gasteiger partial charge is 0.167 e. The van der Waals surface area contributed by atoms with Gasteiger partial charge in [-0.15, -0.1) is 0 Å². The maximum Gasteiger partial charge on any atom is 0.167 e. The summed E-state index contributed by atoms with van der Waals surface area (Å²) in [4.78, 5) is 12.6. The third-order valence-electron chi connectivity index (χ3n) is 3.94. The number of benzene rings is 3. The van der Waals surface area contributed by atoms with Crippen molar-refractivity contribution in [2.75, 3.05) is 0 Å². The summed E-state index contributed by atoms with van der Waals surface area (Å²) in [5.41, 5.74) is 4.05. The van der Waals surface area contributed by atoms with E-state index in [-0.39, 0.29) is 5.78 Å². The predicted molar refractivity (Wildman–Crippen MR) is 87.9 cm³/mol. The second-order valence-electron chi connectivity index (χ2n) is 5.55. The first-order chi connectivity index (χ1) is 10.1. The van der Waals surface area contributed by atoms with Crippen molar-refractivity contribution >= 4 is 16.6 Å². The zero-order chi connectivity index (χ0) is 14.8. The molecule has 0 unspecified atom stereocenters. The van der Waals surface area contributed by atoms with Gasteiger partial charge in [-0.1, -0.05) is 60.7 Å². The molecule has 0 aliphatic rings. The van der Waals surface area contributed by atoms with Gasteiger partial charge in [0.15, 0.2) is 5.78 Å². The van der Waals surface area contributed by atoms with Gasteiger partial charge < -0.3 is 0 Å². The van der Waals surface area contributed by atoms with Crippen molar-refractivity contribution in [3.05, 3.63) is 82.9 Å². The van der Waals surface area contributed by atoms with Gasteiger partial charge in [0.25, 0.3) is 0 Å². The van der Waals surface area contributed by atoms with E-state index in [1.807, 2.05) is 50.2 Å². The van der Waals surface area contributed by atoms with Crippen LogP contribution in [0.15, 0.2) is 60.7 Å². The van der Waals surface area contributed by atoms with E-state index in [1.165, 1.54) is 10.8 Å². The quantitative estimate of drug-likeness (QED) is 0.622. The predicted octanol–water partition coefficient (Wildman–Crippen LogP) is 4.88. The Morgan fingerprint density at radius 1 is 0.810 bits per heavy atom. The maximum atomic E-state index is 12.6. The second kappa shape index (κ2) is 5.53. The van der Waals surface area contributed by atoms with Crippen LogP contribution >= 0.6 is 0 Å². The zero-order valence-corrected chi connectivity index (χ0v) is 12.4. The van der Waals surface area contributed by atoms with Crippen LogP contribution < -0.4 is 0 Å². The summed E-state index contributed by atoms with van der Waals surface area (Å²) in [7, 11) is 0. The highest BCUT2D eigenvalue weighted by Crippen LogP contribution is 2.19. The molecular weight excluding hydrogens is 256 g/mol. The lowest BCUT2D eigenvalue weighted by Gasteiger charge is -2.09. The number of fused-ring (bicyclic) bond motifs is 1. The second-order valence-corrected chi connectivity index (χ2v) is 5.55. The summed E-state index contributed by atoms with van der Waals surface area (Å²) >= 11 is 0. The Morgan fingerprint density at radius 2 is 1.48 bits per heavy atom. The van der Waals surface area contributed by atoms with Crippen LogP contribution in [-0.4, -0.2) is 5.78 Å². The molecule has 0 N–H and O–H groups in total. The highest BCUT2D eigenvalue weighted by Gasteiger charge is 2.12. The Bertz CT molecular complexity index is 795. The Balaban J connectivity index is 1.93. The third kappa shape index (κ3) is 2.73. The minimum Gasteiger partial charge on any atom is -0.294 e. The van der Waals surface area contributed by atoms with Gasteiger partial charge in [0.05, 0.1) is 0 Å². The van der Waals surface area contributed by atoms with Gasteiger partial charge in [0.2, 0.25) is 0 Å². The van der Waals surface area contributed by atoms with Gasteiger partial charge in [-0.2, -0.15) is 0 Å². The number of carbonyl (C=O) groups is 1. The van der Waals surface area contributed by atoms with E-state index in [0.29, 0.717) is 6.42 Å². The van der Waals surface area contributed by atoms with E-state index in [0.717, 1.165) is 22.3 Å². The summed E-state index contributed by atoms with van der Waals surface area (Å²) in [6.45, 7) is 4.00. The average Bonchev–Trinajstić information content (AvgIpc) is 2.47. The minimum absolute atomic E-state index is 0.195. The summed E-state index contributed by atoms with van der Waals surface area (Å²) in [5.74, 6) is 0.195. The molecule has 0 spiro atoms. The average molecular weight is 274 g/mol. The van der Waals surface area contributed by atoms with E-state index in [4.69, 9.17) is 0 Å². The minimum atomic E-state index is 0.195. The first-order valence-electron chi connectivity index (χ1n) is 7.22. The highest BCUT2D eigenvalue weighted by molar-refractivity contribution is 6.00. The molecule has 0 fully saturated rings. The lowest BCUT2D eigenvalue weighted by atomic mass is 9.94. The number of Topliss-reactive ketones (excluding diaryl/α,β-unsaturated/α-hetero) is 1. The molecule has 0 saturated heterocycles. The number of aryl methyl sites for hydroxylation is 2. The van der Waals surface area contributed by atoms with Gasteiger partial charge in [0, 0.05) is 12.0 Å². The van der Waals surface area contributed by atoms with Crippen molar-refractivity contribution in [2.45, 2.75) is 20.3 Å². The van der Waals surface area contributed by atoms with Crippen molar-refractivity contribution in [3.63, 3.8) is 0 Å². The Morgan fingerprint density at radius 3 is 2.19 bits per heavy atom. The van der Waals surface area contributed by atoms with Crippen LogP contribution in [0, 0.1) is 13.8 Å². The molecule has 0 amide bonds. The van der Waals surface area contributed by atoms with Crippen molar-refractivity contribution in [2.24, 2.45) is 0 Å². The topological polar surface area (TPSA) is 17.1 Å². The number of hydrogen-bond donors (Lipinski definition) is 0. The lowest BCUT2D eigenvalue weighted by molar-refractivity contribution is 0.0992. The molecular formula is C20H18O. The zero-order valence-electron chi connectivity index (χ0n) is 12.4. The fraction of sp³-hybridized carbons (Fsp3) is 0.150. The number of rotatable bonds is 3. The largest absolute Gasteiger partial charge is 0.294 e. The molecule has 21 heavy (non-hydrogen) atoms. The van der Waals surface area contributed by atoms with E-state index in [9.17, 15) is 4.79 Å². The molecule has 0 bridgehead atoms. The van der Waals surface area contributed by atoms with Crippen molar-refractivity contribution in [1.82, 2.24) is 0 Å². The van der Waals surface area contributed by atoms with Crippen LogP contribution in [0.5, 0.6) is 0 Å². The van der Waals surface area contributed by atoms with Gasteiger partial charge in [-0.25, -0.2) is 0 Å². The molecule has 0 aliphatic heterocycles. The monoisotopic (exact) mass is 274 g/mol. The fourth-order valence-corrected chi connectivity index (χ4v) is 2.88. The van der Waals surface area contributed by atoms with Crippen molar-refractivity contribution < 1.29 is 4.79 Å². The van der Waals surface area contributed by atoms with Crippen molar-refractivity contribution in [3.8, 4) is 0 Å². The van der Waals surface area contributed by atoms with Gasteiger partial charge in [-0.3, -0.25) is 4.79 Å². The summed E-state index contributed by atoms with van der Waals surface area (Å²) in [5, 5.41) is 2.39. The normalized spacial score (nSPS) is 10.8. The first kappa shape index (κ1) is 13.6. The Hall–Kier alpha value is -2.41. The molecule has 0 radical (unpaired) electrons. The number of hydrogen-bond acceptors (Lipinski definition) is 1. The molecule has 0 saturated carbocycles. The molecule has 1 nitrogen and oxygen atoms in total.